The highest BCUT2D eigenvalue weighted by Crippen LogP contribution is 2.42. The summed E-state index contributed by atoms with van der Waals surface area (Å²) in [5, 5.41) is 2.95. The molecular weight excluding hydrogens is 344 g/mol. The predicted molar refractivity (Wildman–Crippen MR) is 118 cm³/mol. The third kappa shape index (κ3) is 3.17. The molecule has 0 aliphatic carbocycles. The largest absolute Gasteiger partial charge is 0.497 e. The van der Waals surface area contributed by atoms with Crippen LogP contribution in [0.25, 0.3) is 11.3 Å². The van der Waals surface area contributed by atoms with Crippen LogP contribution in [0.4, 0.5) is 0 Å². The molecule has 0 fully saturated rings. The van der Waals surface area contributed by atoms with Crippen LogP contribution in [0.5, 0.6) is 5.75 Å². The molecule has 0 amide bonds. The van der Waals surface area contributed by atoms with Crippen molar-refractivity contribution in [3.8, 4) is 5.75 Å². The maximum Gasteiger partial charge on any atom is 0.126 e. The van der Waals surface area contributed by atoms with Crippen LogP contribution in [0.2, 0.25) is 6.04 Å². The van der Waals surface area contributed by atoms with Gasteiger partial charge in [0.25, 0.3) is 0 Å². The third-order valence-corrected chi connectivity index (χ3v) is 10.4. The quantitative estimate of drug-likeness (QED) is 0.432. The van der Waals surface area contributed by atoms with Gasteiger partial charge in [-0.15, -0.1) is 6.58 Å². The zero-order chi connectivity index (χ0) is 18.7. The van der Waals surface area contributed by atoms with Crippen molar-refractivity contribution in [2.24, 2.45) is 0 Å². The van der Waals surface area contributed by atoms with Crippen LogP contribution >= 0.6 is 0 Å². The van der Waals surface area contributed by atoms with Gasteiger partial charge in [-0.2, -0.15) is 0 Å². The lowest BCUT2D eigenvalue weighted by Gasteiger charge is -2.29. The van der Waals surface area contributed by atoms with Gasteiger partial charge in [0, 0.05) is 0 Å². The molecule has 1 nitrogen and oxygen atoms in total. The predicted octanol–water partition coefficient (Wildman–Crippen LogP) is 5.41. The average molecular weight is 369 g/mol. The van der Waals surface area contributed by atoms with Crippen LogP contribution in [0.15, 0.2) is 91.5 Å². The van der Waals surface area contributed by atoms with Crippen LogP contribution < -0.4 is 9.92 Å². The lowest BCUT2D eigenvalue weighted by Crippen LogP contribution is -2.48. The van der Waals surface area contributed by atoms with Crippen LogP contribution in [-0.4, -0.2) is 15.2 Å². The van der Waals surface area contributed by atoms with Crippen molar-refractivity contribution < 1.29 is 4.74 Å². The Balaban J connectivity index is 1.93. The molecule has 0 saturated carbocycles. The van der Waals surface area contributed by atoms with Crippen LogP contribution in [-0.2, 0) is 6.04 Å². The van der Waals surface area contributed by atoms with Crippen molar-refractivity contribution in [2.45, 2.75) is 12.1 Å². The first-order valence-electron chi connectivity index (χ1n) is 9.38. The van der Waals surface area contributed by atoms with Crippen molar-refractivity contribution >= 4 is 24.5 Å². The van der Waals surface area contributed by atoms with E-state index in [4.69, 9.17) is 4.74 Å². The summed E-state index contributed by atoms with van der Waals surface area (Å²) >= 11 is 0. The molecule has 3 aromatic carbocycles. The summed E-state index contributed by atoms with van der Waals surface area (Å²) in [6.45, 7) is 4.12. The van der Waals surface area contributed by atoms with Gasteiger partial charge in [-0.3, -0.25) is 0 Å². The lowest BCUT2D eigenvalue weighted by molar-refractivity contribution is 0.415. The normalized spacial score (nSPS) is 19.7. The second kappa shape index (κ2) is 7.41. The van der Waals surface area contributed by atoms with E-state index >= 15 is 0 Å². The number of benzene rings is 3. The van der Waals surface area contributed by atoms with E-state index in [1.807, 2.05) is 0 Å². The van der Waals surface area contributed by atoms with E-state index in [1.165, 1.54) is 27.1 Å². The summed E-state index contributed by atoms with van der Waals surface area (Å²) in [4.78, 5) is 0. The van der Waals surface area contributed by atoms with Gasteiger partial charge in [-0.1, -0.05) is 84.1 Å². The molecule has 1 atom stereocenters. The third-order valence-electron chi connectivity index (χ3n) is 5.56. The van der Waals surface area contributed by atoms with E-state index in [0.717, 1.165) is 17.8 Å². The SMILES string of the molecule is C=CC[Si]1(c2ccc(OC)cc2)Cc2ccccc2/C1=C\c1ccccc1. The first kappa shape index (κ1) is 17.6. The fourth-order valence-electron chi connectivity index (χ4n) is 4.26. The Hall–Kier alpha value is -2.84. The highest BCUT2D eigenvalue weighted by molar-refractivity contribution is 7.07. The van der Waals surface area contributed by atoms with Gasteiger partial charge >= 0.3 is 0 Å². The molecule has 1 aliphatic heterocycles. The molecule has 0 saturated heterocycles. The number of hydrogen-bond acceptors (Lipinski definition) is 1. The molecule has 0 aromatic heterocycles. The first-order chi connectivity index (χ1) is 13.3. The van der Waals surface area contributed by atoms with E-state index in [1.54, 1.807) is 7.11 Å². The second-order valence-electron chi connectivity index (χ2n) is 7.11. The molecule has 1 aliphatic rings. The van der Waals surface area contributed by atoms with Crippen molar-refractivity contribution in [1.29, 1.82) is 0 Å². The van der Waals surface area contributed by atoms with Crippen LogP contribution in [0, 0.1) is 0 Å². The van der Waals surface area contributed by atoms with Gasteiger partial charge in [0.15, 0.2) is 0 Å². The Morgan fingerprint density at radius 1 is 0.926 bits per heavy atom. The van der Waals surface area contributed by atoms with Gasteiger partial charge < -0.3 is 4.74 Å². The molecule has 0 radical (unpaired) electrons. The highest BCUT2D eigenvalue weighted by atomic mass is 28.3. The first-order valence-corrected chi connectivity index (χ1v) is 11.8. The zero-order valence-electron chi connectivity index (χ0n) is 15.7. The minimum Gasteiger partial charge on any atom is -0.497 e. The number of ether oxygens (including phenoxy) is 1. The Morgan fingerprint density at radius 2 is 1.63 bits per heavy atom. The number of rotatable bonds is 5. The maximum atomic E-state index is 5.39. The summed E-state index contributed by atoms with van der Waals surface area (Å²) in [5.74, 6) is 0.908. The molecule has 2 heteroatoms. The number of allylic oxidation sites excluding steroid dienone is 1. The molecule has 1 heterocycles. The van der Waals surface area contributed by atoms with Gasteiger partial charge in [0.1, 0.15) is 13.8 Å². The zero-order valence-corrected chi connectivity index (χ0v) is 16.7. The fraction of sp³-hybridized carbons (Fsp3) is 0.120. The molecule has 134 valence electrons. The molecule has 3 aromatic rings. The smallest absolute Gasteiger partial charge is 0.126 e. The van der Waals surface area contributed by atoms with Gasteiger partial charge in [-0.05, 0) is 46.1 Å². The Labute approximate surface area is 162 Å². The molecule has 0 spiro atoms. The number of methoxy groups -OCH3 is 1. The molecule has 4 rings (SSSR count). The molecule has 1 unspecified atom stereocenters. The summed E-state index contributed by atoms with van der Waals surface area (Å²) in [7, 11) is -0.253. The Kier molecular flexibility index (Phi) is 4.82. The van der Waals surface area contributed by atoms with Crippen molar-refractivity contribution in [1.82, 2.24) is 0 Å². The Morgan fingerprint density at radius 3 is 2.33 bits per heavy atom. The fourth-order valence-corrected chi connectivity index (χ4v) is 9.03. The molecule has 27 heavy (non-hydrogen) atoms. The Bertz CT molecular complexity index is 973. The summed E-state index contributed by atoms with van der Waals surface area (Å²) < 4.78 is 5.39. The topological polar surface area (TPSA) is 9.23 Å². The maximum absolute atomic E-state index is 5.39. The van der Waals surface area contributed by atoms with Gasteiger partial charge in [0.05, 0.1) is 7.11 Å². The highest BCUT2D eigenvalue weighted by Gasteiger charge is 2.44. The van der Waals surface area contributed by atoms with E-state index in [0.29, 0.717) is 0 Å². The summed E-state index contributed by atoms with van der Waals surface area (Å²) in [6.07, 6.45) is 4.52. The van der Waals surface area contributed by atoms with E-state index in [-0.39, 0.29) is 0 Å². The number of fused-ring (bicyclic) bond motifs is 1. The van der Waals surface area contributed by atoms with E-state index < -0.39 is 8.07 Å². The second-order valence-corrected chi connectivity index (χ2v) is 11.1. The van der Waals surface area contributed by atoms with Gasteiger partial charge in [-0.25, -0.2) is 0 Å². The molecule has 0 N–H and O–H groups in total. The van der Waals surface area contributed by atoms with Crippen molar-refractivity contribution in [3.05, 3.63) is 108 Å². The molecular formula is C25H24OSi. The van der Waals surface area contributed by atoms with Crippen molar-refractivity contribution in [2.75, 3.05) is 7.11 Å². The van der Waals surface area contributed by atoms with E-state index in [9.17, 15) is 0 Å². The molecule has 0 bridgehead atoms. The monoisotopic (exact) mass is 368 g/mol. The van der Waals surface area contributed by atoms with Crippen LogP contribution in [0.1, 0.15) is 16.7 Å². The summed E-state index contributed by atoms with van der Waals surface area (Å²) in [6, 6.07) is 30.4. The lowest BCUT2D eigenvalue weighted by atomic mass is 10.1. The number of hydrogen-bond donors (Lipinski definition) is 0. The standard InChI is InChI=1S/C25H24OSi/c1-3-17-27(23-15-13-22(26-2)14-16-23)19-21-11-7-8-12-24(21)25(27)18-20-9-5-4-6-10-20/h3-16,18H,1,17,19H2,2H3/b25-18+. The van der Waals surface area contributed by atoms with Crippen LogP contribution in [0.3, 0.4) is 0 Å². The van der Waals surface area contributed by atoms with E-state index in [2.05, 4.69) is 97.6 Å². The summed E-state index contributed by atoms with van der Waals surface area (Å²) in [5.41, 5.74) is 4.13. The van der Waals surface area contributed by atoms with Gasteiger partial charge in [0.2, 0.25) is 0 Å². The van der Waals surface area contributed by atoms with Crippen molar-refractivity contribution in [3.63, 3.8) is 0 Å². The average Bonchev–Trinajstić information content (AvgIpc) is 3.03. The minimum absolute atomic E-state index is 0.908. The minimum atomic E-state index is -1.97.